The van der Waals surface area contributed by atoms with Crippen molar-refractivity contribution in [3.05, 3.63) is 21.2 Å². The molecule has 0 fully saturated rings. The summed E-state index contributed by atoms with van der Waals surface area (Å²) >= 11 is 8.18. The summed E-state index contributed by atoms with van der Waals surface area (Å²) in [6, 6.07) is 1.93. The van der Waals surface area contributed by atoms with Crippen molar-refractivity contribution in [1.82, 2.24) is 14.3 Å². The van der Waals surface area contributed by atoms with Crippen molar-refractivity contribution in [2.24, 2.45) is 0 Å². The Morgan fingerprint density at radius 1 is 1.41 bits per heavy atom. The monoisotopic (exact) mass is 376 g/mol. The van der Waals surface area contributed by atoms with Gasteiger partial charge in [-0.15, -0.1) is 0 Å². The van der Waals surface area contributed by atoms with Gasteiger partial charge in [-0.2, -0.15) is 9.36 Å². The Morgan fingerprint density at radius 2 is 2.24 bits per heavy atom. The number of halogens is 2. The number of anilines is 1. The van der Waals surface area contributed by atoms with Gasteiger partial charge in [0.2, 0.25) is 5.13 Å². The molecule has 0 aliphatic carbocycles. The molecule has 0 unspecified atom stereocenters. The zero-order chi connectivity index (χ0) is 12.3. The highest BCUT2D eigenvalue weighted by Crippen LogP contribution is 2.28. The van der Waals surface area contributed by atoms with Crippen LogP contribution in [-0.2, 0) is 0 Å². The van der Waals surface area contributed by atoms with Crippen molar-refractivity contribution in [3.8, 4) is 11.5 Å². The lowest BCUT2D eigenvalue weighted by Gasteiger charge is -1.99. The second-order valence-corrected chi connectivity index (χ2v) is 5.86. The number of pyridine rings is 1. The smallest absolute Gasteiger partial charge is 0.202 e. The molecule has 0 atom stereocenters. The van der Waals surface area contributed by atoms with Crippen molar-refractivity contribution >= 4 is 48.5 Å². The lowest BCUT2D eigenvalue weighted by atomic mass is 10.3. The molecule has 0 spiro atoms. The van der Waals surface area contributed by atoms with E-state index in [9.17, 15) is 0 Å². The average molecular weight is 378 g/mol. The lowest BCUT2D eigenvalue weighted by molar-refractivity contribution is 0.976. The molecule has 0 bridgehead atoms. The molecule has 2 aromatic rings. The molecule has 0 saturated carbocycles. The Hall–Kier alpha value is -0.530. The summed E-state index contributed by atoms with van der Waals surface area (Å²) in [5, 5.41) is 4.04. The largest absolute Gasteiger partial charge is 0.360 e. The van der Waals surface area contributed by atoms with E-state index >= 15 is 0 Å². The molecule has 4 nitrogen and oxygen atoms in total. The first-order valence-corrected chi connectivity index (χ1v) is 7.45. The minimum absolute atomic E-state index is 0.646. The summed E-state index contributed by atoms with van der Waals surface area (Å²) < 4.78 is 6.10. The molecule has 2 heterocycles. The van der Waals surface area contributed by atoms with E-state index in [0.717, 1.165) is 32.7 Å². The fourth-order valence-corrected chi connectivity index (χ4v) is 2.96. The summed E-state index contributed by atoms with van der Waals surface area (Å²) in [5.74, 6) is 0.646. The van der Waals surface area contributed by atoms with E-state index in [1.807, 2.05) is 6.07 Å². The van der Waals surface area contributed by atoms with E-state index in [0.29, 0.717) is 5.82 Å². The second-order valence-electron chi connectivity index (χ2n) is 3.33. The van der Waals surface area contributed by atoms with E-state index in [1.54, 1.807) is 6.20 Å². The van der Waals surface area contributed by atoms with E-state index in [1.165, 1.54) is 11.5 Å². The van der Waals surface area contributed by atoms with Gasteiger partial charge in [0, 0.05) is 33.2 Å². The van der Waals surface area contributed by atoms with Crippen LogP contribution in [0.25, 0.3) is 11.5 Å². The maximum atomic E-state index is 4.40. The van der Waals surface area contributed by atoms with Crippen LogP contribution in [-0.4, -0.2) is 20.9 Å². The summed E-state index contributed by atoms with van der Waals surface area (Å²) in [7, 11) is 0. The third-order valence-electron chi connectivity index (χ3n) is 1.97. The number of hydrogen-bond donors (Lipinski definition) is 1. The van der Waals surface area contributed by atoms with Gasteiger partial charge in [0.15, 0.2) is 5.82 Å². The van der Waals surface area contributed by atoms with Crippen molar-refractivity contribution in [2.75, 3.05) is 11.9 Å². The predicted octanol–water partition coefficient (Wildman–Crippen LogP) is 3.95. The molecule has 1 N–H and O–H groups in total. The number of nitrogens with one attached hydrogen (secondary N) is 1. The van der Waals surface area contributed by atoms with Crippen LogP contribution in [0.15, 0.2) is 21.2 Å². The Bertz CT molecular complexity index is 515. The van der Waals surface area contributed by atoms with Gasteiger partial charge >= 0.3 is 0 Å². The Morgan fingerprint density at radius 3 is 2.94 bits per heavy atom. The maximum absolute atomic E-state index is 4.40. The summed E-state index contributed by atoms with van der Waals surface area (Å²) in [6.45, 7) is 3.02. The molecule has 0 aliphatic rings. The minimum atomic E-state index is 0.646. The van der Waals surface area contributed by atoms with Crippen molar-refractivity contribution in [1.29, 1.82) is 0 Å². The molecule has 0 saturated heterocycles. The Labute approximate surface area is 120 Å². The summed E-state index contributed by atoms with van der Waals surface area (Å²) in [4.78, 5) is 8.70. The molecule has 0 aliphatic heterocycles. The number of nitrogens with zero attached hydrogens (tertiary/aromatic N) is 3. The van der Waals surface area contributed by atoms with Gasteiger partial charge in [-0.05, 0) is 44.3 Å². The Balaban J connectivity index is 2.24. The van der Waals surface area contributed by atoms with Gasteiger partial charge in [-0.25, -0.2) is 0 Å². The fraction of sp³-hybridized carbons (Fsp3) is 0.300. The van der Waals surface area contributed by atoms with Gasteiger partial charge in [0.1, 0.15) is 5.69 Å². The van der Waals surface area contributed by atoms with Crippen LogP contribution in [0.2, 0.25) is 0 Å². The SMILES string of the molecule is CCCNc1nc(-c2ncc(Br)cc2Br)ns1. The van der Waals surface area contributed by atoms with E-state index < -0.39 is 0 Å². The number of aromatic nitrogens is 3. The zero-order valence-electron chi connectivity index (χ0n) is 9.07. The number of hydrogen-bond acceptors (Lipinski definition) is 5. The Kier molecular flexibility index (Phi) is 4.47. The lowest BCUT2D eigenvalue weighted by Crippen LogP contribution is -1.98. The molecule has 7 heteroatoms. The highest BCUT2D eigenvalue weighted by atomic mass is 79.9. The molecular formula is C10H10Br2N4S. The third-order valence-corrected chi connectivity index (χ3v) is 3.68. The molecule has 90 valence electrons. The molecule has 0 radical (unpaired) electrons. The van der Waals surface area contributed by atoms with Crippen molar-refractivity contribution in [2.45, 2.75) is 13.3 Å². The van der Waals surface area contributed by atoms with E-state index in [4.69, 9.17) is 0 Å². The second kappa shape index (κ2) is 5.88. The van der Waals surface area contributed by atoms with Crippen molar-refractivity contribution < 1.29 is 0 Å². The van der Waals surface area contributed by atoms with E-state index in [-0.39, 0.29) is 0 Å². The normalized spacial score (nSPS) is 10.5. The van der Waals surface area contributed by atoms with Gasteiger partial charge in [0.05, 0.1) is 0 Å². The molecular weight excluding hydrogens is 368 g/mol. The van der Waals surface area contributed by atoms with E-state index in [2.05, 4.69) is 58.4 Å². The quantitative estimate of drug-likeness (QED) is 0.876. The van der Waals surface area contributed by atoms with Crippen LogP contribution in [0.4, 0.5) is 5.13 Å². The molecule has 0 aromatic carbocycles. The highest BCUT2D eigenvalue weighted by molar-refractivity contribution is 9.11. The molecule has 2 rings (SSSR count). The van der Waals surface area contributed by atoms with Crippen LogP contribution < -0.4 is 5.32 Å². The van der Waals surface area contributed by atoms with Crippen LogP contribution >= 0.6 is 43.4 Å². The van der Waals surface area contributed by atoms with Crippen molar-refractivity contribution in [3.63, 3.8) is 0 Å². The standard InChI is InChI=1S/C10H10Br2N4S/c1-2-3-13-10-15-9(16-17-10)8-7(12)4-6(11)5-14-8/h4-5H,2-3H2,1H3,(H,13,15,16). The minimum Gasteiger partial charge on any atom is -0.360 e. The first kappa shape index (κ1) is 12.9. The first-order valence-electron chi connectivity index (χ1n) is 5.09. The fourth-order valence-electron chi connectivity index (χ4n) is 1.20. The zero-order valence-corrected chi connectivity index (χ0v) is 13.1. The van der Waals surface area contributed by atoms with Crippen LogP contribution in [0.1, 0.15) is 13.3 Å². The maximum Gasteiger partial charge on any atom is 0.202 e. The summed E-state index contributed by atoms with van der Waals surface area (Å²) in [6.07, 6.45) is 2.80. The van der Waals surface area contributed by atoms with Gasteiger partial charge in [-0.3, -0.25) is 4.98 Å². The first-order chi connectivity index (χ1) is 8.20. The average Bonchev–Trinajstić information content (AvgIpc) is 2.75. The van der Waals surface area contributed by atoms with Crippen LogP contribution in [0.5, 0.6) is 0 Å². The number of rotatable bonds is 4. The molecule has 17 heavy (non-hydrogen) atoms. The topological polar surface area (TPSA) is 50.7 Å². The van der Waals surface area contributed by atoms with Gasteiger partial charge < -0.3 is 5.32 Å². The molecule has 0 amide bonds. The highest BCUT2D eigenvalue weighted by Gasteiger charge is 2.11. The summed E-state index contributed by atoms with van der Waals surface area (Å²) in [5.41, 5.74) is 0.758. The van der Waals surface area contributed by atoms with Gasteiger partial charge in [-0.1, -0.05) is 6.92 Å². The predicted molar refractivity (Wildman–Crippen MR) is 77.3 cm³/mol. The third kappa shape index (κ3) is 3.23. The molecule has 2 aromatic heterocycles. The van der Waals surface area contributed by atoms with Gasteiger partial charge in [0.25, 0.3) is 0 Å². The van der Waals surface area contributed by atoms with Crippen LogP contribution in [0, 0.1) is 0 Å². The van der Waals surface area contributed by atoms with Crippen LogP contribution in [0.3, 0.4) is 0 Å².